The summed E-state index contributed by atoms with van der Waals surface area (Å²) in [6.07, 6.45) is 6.94. The highest BCUT2D eigenvalue weighted by Crippen LogP contribution is 2.17. The van der Waals surface area contributed by atoms with Gasteiger partial charge < -0.3 is 4.74 Å². The third kappa shape index (κ3) is 7.49. The van der Waals surface area contributed by atoms with E-state index in [1.54, 1.807) is 0 Å². The standard InChI is InChI=1S/C12H22O4S/c1-17(14,15)10-4-5-11(13)7-8-12-6-2-3-9-16-12/h12H,2-10H2,1H3. The zero-order valence-corrected chi connectivity index (χ0v) is 11.3. The van der Waals surface area contributed by atoms with Gasteiger partial charge in [0.15, 0.2) is 0 Å². The Kier molecular flexibility index (Phi) is 6.12. The summed E-state index contributed by atoms with van der Waals surface area (Å²) in [5.74, 6) is 0.265. The molecule has 4 nitrogen and oxygen atoms in total. The van der Waals surface area contributed by atoms with Crippen LogP contribution in [0, 0.1) is 0 Å². The van der Waals surface area contributed by atoms with Crippen molar-refractivity contribution in [3.63, 3.8) is 0 Å². The van der Waals surface area contributed by atoms with Gasteiger partial charge in [-0.2, -0.15) is 0 Å². The summed E-state index contributed by atoms with van der Waals surface area (Å²) in [6.45, 7) is 0.812. The molecule has 0 bridgehead atoms. The van der Waals surface area contributed by atoms with Gasteiger partial charge in [0, 0.05) is 25.7 Å². The zero-order valence-electron chi connectivity index (χ0n) is 10.5. The van der Waals surface area contributed by atoms with Gasteiger partial charge in [-0.25, -0.2) is 8.42 Å². The molecule has 0 spiro atoms. The summed E-state index contributed by atoms with van der Waals surface area (Å²) >= 11 is 0. The minimum atomic E-state index is -2.93. The molecule has 1 atom stereocenters. The Bertz CT molecular complexity index is 328. The van der Waals surface area contributed by atoms with E-state index in [-0.39, 0.29) is 17.6 Å². The first-order chi connectivity index (χ1) is 7.97. The summed E-state index contributed by atoms with van der Waals surface area (Å²) in [7, 11) is -2.93. The zero-order chi connectivity index (χ0) is 12.7. The average Bonchev–Trinajstić information content (AvgIpc) is 2.26. The molecule has 0 radical (unpaired) electrons. The van der Waals surface area contributed by atoms with Crippen LogP contribution in [0.3, 0.4) is 0 Å². The van der Waals surface area contributed by atoms with Crippen LogP contribution in [-0.2, 0) is 19.4 Å². The number of carbonyl (C=O) groups is 1. The van der Waals surface area contributed by atoms with Crippen LogP contribution in [0.15, 0.2) is 0 Å². The topological polar surface area (TPSA) is 60.4 Å². The fraction of sp³-hybridized carbons (Fsp3) is 0.917. The Balaban J connectivity index is 2.08. The molecule has 0 aromatic carbocycles. The van der Waals surface area contributed by atoms with Gasteiger partial charge in [-0.3, -0.25) is 4.79 Å². The summed E-state index contributed by atoms with van der Waals surface area (Å²) < 4.78 is 27.3. The predicted octanol–water partition coefficient (Wildman–Crippen LogP) is 1.73. The van der Waals surface area contributed by atoms with Gasteiger partial charge in [0.2, 0.25) is 0 Å². The number of ether oxygens (including phenoxy) is 1. The van der Waals surface area contributed by atoms with Crippen molar-refractivity contribution >= 4 is 15.6 Å². The van der Waals surface area contributed by atoms with Crippen LogP contribution >= 0.6 is 0 Å². The molecule has 1 saturated heterocycles. The van der Waals surface area contributed by atoms with E-state index in [1.165, 1.54) is 12.7 Å². The second-order valence-electron chi connectivity index (χ2n) is 4.80. The van der Waals surface area contributed by atoms with Gasteiger partial charge in [0.1, 0.15) is 15.6 Å². The van der Waals surface area contributed by atoms with E-state index in [4.69, 9.17) is 4.74 Å². The molecule has 1 heterocycles. The molecule has 1 fully saturated rings. The van der Waals surface area contributed by atoms with Crippen LogP contribution in [0.1, 0.15) is 44.9 Å². The highest BCUT2D eigenvalue weighted by Gasteiger charge is 2.15. The minimum Gasteiger partial charge on any atom is -0.378 e. The van der Waals surface area contributed by atoms with Crippen LogP contribution < -0.4 is 0 Å². The Hall–Kier alpha value is -0.420. The molecule has 5 heteroatoms. The third-order valence-electron chi connectivity index (χ3n) is 2.99. The number of sulfone groups is 1. The van der Waals surface area contributed by atoms with Crippen molar-refractivity contribution < 1.29 is 17.9 Å². The molecule has 0 aliphatic carbocycles. The summed E-state index contributed by atoms with van der Waals surface area (Å²) in [4.78, 5) is 11.5. The van der Waals surface area contributed by atoms with E-state index in [1.807, 2.05) is 0 Å². The lowest BCUT2D eigenvalue weighted by Crippen LogP contribution is -2.20. The number of carbonyl (C=O) groups excluding carboxylic acids is 1. The molecule has 1 aliphatic heterocycles. The van der Waals surface area contributed by atoms with Crippen LogP contribution in [-0.4, -0.2) is 38.9 Å². The number of hydrogen-bond acceptors (Lipinski definition) is 4. The maximum Gasteiger partial charge on any atom is 0.147 e. The maximum absolute atomic E-state index is 11.5. The monoisotopic (exact) mass is 262 g/mol. The molecule has 1 aliphatic rings. The molecule has 0 amide bonds. The summed E-state index contributed by atoms with van der Waals surface area (Å²) in [5.41, 5.74) is 0. The number of Topliss-reactive ketones (excluding diaryl/α,β-unsaturated/α-hetero) is 1. The first-order valence-electron chi connectivity index (χ1n) is 6.28. The molecular formula is C12H22O4S. The Morgan fingerprint density at radius 2 is 2.06 bits per heavy atom. The van der Waals surface area contributed by atoms with Crippen LogP contribution in [0.4, 0.5) is 0 Å². The summed E-state index contributed by atoms with van der Waals surface area (Å²) in [5, 5.41) is 0. The highest BCUT2D eigenvalue weighted by molar-refractivity contribution is 7.90. The lowest BCUT2D eigenvalue weighted by Gasteiger charge is -2.22. The Morgan fingerprint density at radius 3 is 2.65 bits per heavy atom. The van der Waals surface area contributed by atoms with E-state index >= 15 is 0 Å². The number of ketones is 1. The molecule has 1 unspecified atom stereocenters. The highest BCUT2D eigenvalue weighted by atomic mass is 32.2. The van der Waals surface area contributed by atoms with Gasteiger partial charge >= 0.3 is 0 Å². The van der Waals surface area contributed by atoms with E-state index in [2.05, 4.69) is 0 Å². The lowest BCUT2D eigenvalue weighted by atomic mass is 10.0. The minimum absolute atomic E-state index is 0.110. The van der Waals surface area contributed by atoms with Gasteiger partial charge in [0.25, 0.3) is 0 Å². The molecule has 0 saturated carbocycles. The van der Waals surface area contributed by atoms with Crippen LogP contribution in [0.5, 0.6) is 0 Å². The van der Waals surface area contributed by atoms with E-state index < -0.39 is 9.84 Å². The fourth-order valence-corrected chi connectivity index (χ4v) is 2.68. The number of hydrogen-bond donors (Lipinski definition) is 0. The lowest BCUT2D eigenvalue weighted by molar-refractivity contribution is -0.120. The first kappa shape index (κ1) is 14.6. The van der Waals surface area contributed by atoms with Crippen molar-refractivity contribution in [1.82, 2.24) is 0 Å². The second-order valence-corrected chi connectivity index (χ2v) is 7.06. The molecule has 0 aromatic rings. The molecular weight excluding hydrogens is 240 g/mol. The van der Waals surface area contributed by atoms with E-state index in [0.717, 1.165) is 25.9 Å². The average molecular weight is 262 g/mol. The molecule has 1 rings (SSSR count). The van der Waals surface area contributed by atoms with Crippen LogP contribution in [0.2, 0.25) is 0 Å². The molecule has 0 N–H and O–H groups in total. The third-order valence-corrected chi connectivity index (χ3v) is 4.02. The molecule has 100 valence electrons. The second kappa shape index (κ2) is 7.11. The first-order valence-corrected chi connectivity index (χ1v) is 8.34. The molecule has 0 aromatic heterocycles. The van der Waals surface area contributed by atoms with Crippen molar-refractivity contribution in [1.29, 1.82) is 0 Å². The SMILES string of the molecule is CS(=O)(=O)CCCC(=O)CCC1CCCCO1. The van der Waals surface area contributed by atoms with Crippen molar-refractivity contribution in [2.24, 2.45) is 0 Å². The van der Waals surface area contributed by atoms with E-state index in [9.17, 15) is 13.2 Å². The van der Waals surface area contributed by atoms with Crippen molar-refractivity contribution in [2.75, 3.05) is 18.6 Å². The quantitative estimate of drug-likeness (QED) is 0.701. The Labute approximate surface area is 104 Å². The molecule has 17 heavy (non-hydrogen) atoms. The normalized spacial score (nSPS) is 21.4. The van der Waals surface area contributed by atoms with Crippen LogP contribution in [0.25, 0.3) is 0 Å². The van der Waals surface area contributed by atoms with Gasteiger partial charge in [0.05, 0.1) is 11.9 Å². The van der Waals surface area contributed by atoms with Gasteiger partial charge in [-0.1, -0.05) is 0 Å². The van der Waals surface area contributed by atoms with Gasteiger partial charge in [-0.05, 0) is 32.1 Å². The maximum atomic E-state index is 11.5. The smallest absolute Gasteiger partial charge is 0.147 e. The van der Waals surface area contributed by atoms with Gasteiger partial charge in [-0.15, -0.1) is 0 Å². The fourth-order valence-electron chi connectivity index (χ4n) is 2.01. The largest absolute Gasteiger partial charge is 0.378 e. The Morgan fingerprint density at radius 1 is 1.29 bits per heavy atom. The van der Waals surface area contributed by atoms with Crippen molar-refractivity contribution in [2.45, 2.75) is 51.0 Å². The van der Waals surface area contributed by atoms with E-state index in [0.29, 0.717) is 19.3 Å². The van der Waals surface area contributed by atoms with Crippen molar-refractivity contribution in [3.05, 3.63) is 0 Å². The predicted molar refractivity (Wildman–Crippen MR) is 66.8 cm³/mol. The summed E-state index contributed by atoms with van der Waals surface area (Å²) in [6, 6.07) is 0. The number of rotatable bonds is 7. The van der Waals surface area contributed by atoms with Crippen molar-refractivity contribution in [3.8, 4) is 0 Å².